The molecule has 2 saturated heterocycles. The molecule has 2 N–H and O–H groups in total. The van der Waals surface area contributed by atoms with Gasteiger partial charge in [-0.25, -0.2) is 0 Å². The van der Waals surface area contributed by atoms with Gasteiger partial charge in [0, 0.05) is 12.8 Å². The molecule has 2 aliphatic heterocycles. The molecule has 2 heterocycles. The van der Waals surface area contributed by atoms with Crippen molar-refractivity contribution in [1.82, 2.24) is 10.1 Å². The molecule has 17 nitrogen and oxygen atoms in total. The number of benzene rings is 2. The maximum absolute atomic E-state index is 12.6. The van der Waals surface area contributed by atoms with Crippen molar-refractivity contribution in [2.75, 3.05) is 0 Å². The van der Waals surface area contributed by atoms with E-state index in [1.807, 2.05) is 0 Å². The Morgan fingerprint density at radius 3 is 1.28 bits per heavy atom. The third-order valence-electron chi connectivity index (χ3n) is 6.04. The summed E-state index contributed by atoms with van der Waals surface area (Å²) >= 11 is 0. The van der Waals surface area contributed by atoms with Gasteiger partial charge in [-0.15, -0.1) is 18.7 Å². The average Bonchev–Trinajstić information content (AvgIpc) is 3.32. The average molecular weight is 641 g/mol. The zero-order valence-corrected chi connectivity index (χ0v) is 23.1. The van der Waals surface area contributed by atoms with Gasteiger partial charge in [0.1, 0.15) is 11.5 Å². The number of carbonyl (C=O) groups excluding carboxylic acids is 4. The monoisotopic (exact) mass is 640 g/mol. The minimum Gasteiger partial charge on any atom is -0.481 e. The van der Waals surface area contributed by atoms with Crippen molar-refractivity contribution in [2.45, 2.75) is 35.5 Å². The van der Waals surface area contributed by atoms with Gasteiger partial charge in [-0.05, 0) is 48.5 Å². The number of carboxylic acid groups (broad SMARTS) is 2. The summed E-state index contributed by atoms with van der Waals surface area (Å²) in [6.45, 7) is 0. The van der Waals surface area contributed by atoms with Crippen LogP contribution in [0.4, 0.5) is 0 Å². The number of imide groups is 2. The van der Waals surface area contributed by atoms with E-state index < -0.39 is 103 Å². The SMILES string of the molecule is O=C(O)CC1CC(=O)N(OS(=O)(=O)c2ccc(Oc3ccc(S(=O)(=O)ON4C(=O)CC(CC(=O)O)C4=O)cc3)cc2)C1=O. The number of carbonyl (C=O) groups is 6. The van der Waals surface area contributed by atoms with Crippen LogP contribution in [0, 0.1) is 11.8 Å². The number of carboxylic acids is 2. The first-order valence-corrected chi connectivity index (χ1v) is 14.8. The molecule has 0 spiro atoms. The van der Waals surface area contributed by atoms with E-state index in [1.54, 1.807) is 0 Å². The van der Waals surface area contributed by atoms with Crippen molar-refractivity contribution in [3.8, 4) is 11.5 Å². The summed E-state index contributed by atoms with van der Waals surface area (Å²) in [7, 11) is -9.36. The van der Waals surface area contributed by atoms with Crippen molar-refractivity contribution in [2.24, 2.45) is 11.8 Å². The fraction of sp³-hybridized carbons (Fsp3) is 0.250. The van der Waals surface area contributed by atoms with Gasteiger partial charge < -0.3 is 14.9 Å². The highest BCUT2D eigenvalue weighted by atomic mass is 32.2. The first-order valence-electron chi connectivity index (χ1n) is 12.0. The van der Waals surface area contributed by atoms with Gasteiger partial charge in [0.15, 0.2) is 0 Å². The number of ether oxygens (including phenoxy) is 1. The quantitative estimate of drug-likeness (QED) is 0.298. The molecule has 2 aromatic carbocycles. The van der Waals surface area contributed by atoms with E-state index in [1.165, 1.54) is 24.3 Å². The maximum atomic E-state index is 12.6. The number of nitrogens with zero attached hydrogens (tertiary/aromatic N) is 2. The summed E-state index contributed by atoms with van der Waals surface area (Å²) in [6, 6.07) is 8.84. The molecule has 2 fully saturated rings. The fourth-order valence-electron chi connectivity index (χ4n) is 4.00. The molecule has 0 radical (unpaired) electrons. The first kappa shape index (κ1) is 31.2. The fourth-order valence-corrected chi connectivity index (χ4v) is 5.82. The predicted octanol–water partition coefficient (Wildman–Crippen LogP) is 0.419. The lowest BCUT2D eigenvalue weighted by atomic mass is 10.0. The Labute approximate surface area is 242 Å². The van der Waals surface area contributed by atoms with E-state index >= 15 is 0 Å². The Morgan fingerprint density at radius 2 is 0.977 bits per heavy atom. The third kappa shape index (κ3) is 7.02. The predicted molar refractivity (Wildman–Crippen MR) is 134 cm³/mol. The second kappa shape index (κ2) is 11.9. The largest absolute Gasteiger partial charge is 0.481 e. The number of hydrogen-bond donors (Lipinski definition) is 2. The number of hydroxylamine groups is 4. The topological polar surface area (TPSA) is 245 Å². The second-order valence-electron chi connectivity index (χ2n) is 9.15. The standard InChI is InChI=1S/C24H20N2O15S2/c27-19-9-13(11-21(29)30)23(33)25(19)40-42(35,36)17-5-1-15(2-6-17)39-16-3-7-18(8-4-16)43(37,38)41-26-20(28)10-14(24(26)34)12-22(31)32/h1-8,13-14H,9-12H2,(H,29,30)(H,31,32). The van der Waals surface area contributed by atoms with Crippen molar-refractivity contribution < 1.29 is 69.1 Å². The number of rotatable bonds is 12. The maximum Gasteiger partial charge on any atom is 0.318 e. The van der Waals surface area contributed by atoms with Crippen molar-refractivity contribution in [1.29, 1.82) is 0 Å². The Morgan fingerprint density at radius 1 is 0.651 bits per heavy atom. The van der Waals surface area contributed by atoms with Gasteiger partial charge in [-0.2, -0.15) is 16.8 Å². The lowest BCUT2D eigenvalue weighted by Crippen LogP contribution is -2.33. The molecule has 2 aliphatic rings. The highest BCUT2D eigenvalue weighted by Gasteiger charge is 2.44. The third-order valence-corrected chi connectivity index (χ3v) is 8.43. The molecule has 228 valence electrons. The van der Waals surface area contributed by atoms with Gasteiger partial charge >= 0.3 is 32.2 Å². The van der Waals surface area contributed by atoms with Crippen LogP contribution >= 0.6 is 0 Å². The summed E-state index contributed by atoms with van der Waals surface area (Å²) in [5, 5.41) is 17.7. The van der Waals surface area contributed by atoms with Gasteiger partial charge in [0.25, 0.3) is 23.6 Å². The molecule has 0 saturated carbocycles. The van der Waals surface area contributed by atoms with E-state index in [4.69, 9.17) is 14.9 Å². The highest BCUT2D eigenvalue weighted by molar-refractivity contribution is 7.87. The zero-order chi connectivity index (χ0) is 31.7. The van der Waals surface area contributed by atoms with Gasteiger partial charge in [0.2, 0.25) is 0 Å². The van der Waals surface area contributed by atoms with Gasteiger partial charge in [-0.1, -0.05) is 0 Å². The molecule has 4 rings (SSSR count). The van der Waals surface area contributed by atoms with E-state index in [0.717, 1.165) is 24.3 Å². The van der Waals surface area contributed by atoms with Crippen LogP contribution in [-0.2, 0) is 57.6 Å². The van der Waals surface area contributed by atoms with E-state index in [0.29, 0.717) is 0 Å². The highest BCUT2D eigenvalue weighted by Crippen LogP contribution is 2.29. The molecule has 19 heteroatoms. The molecular formula is C24H20N2O15S2. The van der Waals surface area contributed by atoms with Crippen LogP contribution in [0.5, 0.6) is 11.5 Å². The smallest absolute Gasteiger partial charge is 0.318 e. The normalized spacial score (nSPS) is 19.3. The van der Waals surface area contributed by atoms with E-state index in [-0.39, 0.29) is 21.6 Å². The molecule has 2 atom stereocenters. The Kier molecular flexibility index (Phi) is 8.62. The van der Waals surface area contributed by atoms with E-state index in [2.05, 4.69) is 8.57 Å². The van der Waals surface area contributed by atoms with Crippen LogP contribution in [0.15, 0.2) is 58.3 Å². The molecule has 0 aromatic heterocycles. The van der Waals surface area contributed by atoms with Crippen LogP contribution in [-0.4, -0.2) is 72.7 Å². The van der Waals surface area contributed by atoms with Crippen molar-refractivity contribution >= 4 is 55.8 Å². The summed E-state index contributed by atoms with van der Waals surface area (Å²) < 4.78 is 65.1. The number of amides is 4. The van der Waals surface area contributed by atoms with Crippen LogP contribution < -0.4 is 4.74 Å². The first-order chi connectivity index (χ1) is 20.1. The number of aliphatic carboxylic acids is 2. The molecule has 2 aromatic rings. The molecular weight excluding hydrogens is 620 g/mol. The second-order valence-corrected chi connectivity index (χ2v) is 12.2. The Balaban J connectivity index is 1.39. The lowest BCUT2D eigenvalue weighted by molar-refractivity contribution is -0.166. The minimum absolute atomic E-state index is 0.0105. The van der Waals surface area contributed by atoms with Crippen LogP contribution in [0.3, 0.4) is 0 Å². The summed E-state index contributed by atoms with van der Waals surface area (Å²) in [4.78, 5) is 69.1. The van der Waals surface area contributed by atoms with Gasteiger partial charge in [-0.3, -0.25) is 28.8 Å². The summed E-state index contributed by atoms with van der Waals surface area (Å²) in [6.07, 6.45) is -2.41. The number of hydrogen-bond acceptors (Lipinski definition) is 13. The van der Waals surface area contributed by atoms with Gasteiger partial charge in [0.05, 0.1) is 34.5 Å². The minimum atomic E-state index is -4.68. The van der Waals surface area contributed by atoms with Crippen molar-refractivity contribution in [3.05, 3.63) is 48.5 Å². The molecule has 4 amide bonds. The lowest BCUT2D eigenvalue weighted by Gasteiger charge is -2.14. The van der Waals surface area contributed by atoms with E-state index in [9.17, 15) is 45.6 Å². The molecule has 0 bridgehead atoms. The van der Waals surface area contributed by atoms with Crippen molar-refractivity contribution in [3.63, 3.8) is 0 Å². The summed E-state index contributed by atoms with van der Waals surface area (Å²) in [5.41, 5.74) is 0. The Bertz CT molecular complexity index is 1590. The zero-order valence-electron chi connectivity index (χ0n) is 21.5. The Hall–Kier alpha value is -4.72. The molecule has 2 unspecified atom stereocenters. The molecule has 43 heavy (non-hydrogen) atoms. The van der Waals surface area contributed by atoms with Crippen LogP contribution in [0.25, 0.3) is 0 Å². The summed E-state index contributed by atoms with van der Waals surface area (Å²) in [5.74, 6) is -9.32. The van der Waals surface area contributed by atoms with Crippen LogP contribution in [0.2, 0.25) is 0 Å². The van der Waals surface area contributed by atoms with Crippen LogP contribution in [0.1, 0.15) is 25.7 Å². The molecule has 0 aliphatic carbocycles.